The van der Waals surface area contributed by atoms with Crippen molar-refractivity contribution >= 4 is 27.2 Å². The number of halogens is 3. The van der Waals surface area contributed by atoms with Crippen LogP contribution in [0.1, 0.15) is 16.1 Å². The second-order valence-electron chi connectivity index (χ2n) is 6.50. The molecule has 3 aromatic rings. The number of carbonyl (C=O) groups is 2. The standard InChI is InChI=1S/C21H12F3NO4S/c22-21(23,24)16-11-17(26)20(27)18-15(13-7-3-1-4-8-13)12-25(19(16)18)30(28,29)14-9-5-2-6-10-14/h1-12H. The van der Waals surface area contributed by atoms with Gasteiger partial charge in [0, 0.05) is 17.8 Å². The number of alkyl halides is 3. The van der Waals surface area contributed by atoms with Crippen LogP contribution in [-0.2, 0) is 14.8 Å². The SMILES string of the molecule is O=C1C=C(C(F)(F)F)c2c(c(-c3ccccc3)cn2S(=O)(=O)c2ccccc2)C1=O. The van der Waals surface area contributed by atoms with Gasteiger partial charge in [0.1, 0.15) is 0 Å². The molecule has 1 aliphatic carbocycles. The summed E-state index contributed by atoms with van der Waals surface area (Å²) in [6.45, 7) is 0. The van der Waals surface area contributed by atoms with Crippen molar-refractivity contribution in [2.45, 2.75) is 11.1 Å². The topological polar surface area (TPSA) is 73.2 Å². The first-order valence-corrected chi connectivity index (χ1v) is 10.1. The molecule has 0 saturated heterocycles. The number of hydrogen-bond donors (Lipinski definition) is 0. The lowest BCUT2D eigenvalue weighted by Crippen LogP contribution is -2.27. The Balaban J connectivity index is 2.12. The fraction of sp³-hybridized carbons (Fsp3) is 0.0476. The highest BCUT2D eigenvalue weighted by molar-refractivity contribution is 7.90. The van der Waals surface area contributed by atoms with E-state index in [0.717, 1.165) is 6.20 Å². The van der Waals surface area contributed by atoms with Gasteiger partial charge in [-0.1, -0.05) is 48.5 Å². The molecule has 1 aliphatic rings. The van der Waals surface area contributed by atoms with Gasteiger partial charge in [-0.3, -0.25) is 9.59 Å². The van der Waals surface area contributed by atoms with Crippen LogP contribution in [0.2, 0.25) is 0 Å². The zero-order chi connectivity index (χ0) is 21.7. The van der Waals surface area contributed by atoms with Gasteiger partial charge in [0.25, 0.3) is 10.0 Å². The Morgan fingerprint density at radius 1 is 0.833 bits per heavy atom. The van der Waals surface area contributed by atoms with Gasteiger partial charge in [-0.2, -0.15) is 13.2 Å². The summed E-state index contributed by atoms with van der Waals surface area (Å²) in [7, 11) is -4.49. The molecule has 0 bridgehead atoms. The zero-order valence-electron chi connectivity index (χ0n) is 15.1. The summed E-state index contributed by atoms with van der Waals surface area (Å²) in [6, 6.07) is 14.7. The van der Waals surface area contributed by atoms with E-state index in [1.807, 2.05) is 0 Å². The number of rotatable bonds is 3. The molecule has 0 amide bonds. The van der Waals surface area contributed by atoms with Gasteiger partial charge in [-0.05, 0) is 17.7 Å². The van der Waals surface area contributed by atoms with Crippen LogP contribution in [0.3, 0.4) is 0 Å². The number of aromatic nitrogens is 1. The number of Topliss-reactive ketones (excluding diaryl/α,β-unsaturated/α-hetero) is 1. The Labute approximate surface area is 169 Å². The first-order chi connectivity index (χ1) is 14.1. The number of hydrogen-bond acceptors (Lipinski definition) is 4. The molecule has 0 aliphatic heterocycles. The minimum Gasteiger partial charge on any atom is -0.286 e. The Kier molecular flexibility index (Phi) is 4.50. The van der Waals surface area contributed by atoms with Crippen LogP contribution in [0.5, 0.6) is 0 Å². The maximum Gasteiger partial charge on any atom is 0.418 e. The third kappa shape index (κ3) is 3.07. The molecule has 0 radical (unpaired) electrons. The van der Waals surface area contributed by atoms with Crippen molar-refractivity contribution < 1.29 is 31.2 Å². The number of allylic oxidation sites excluding steroid dienone is 2. The van der Waals surface area contributed by atoms with Gasteiger partial charge in [0.15, 0.2) is 0 Å². The van der Waals surface area contributed by atoms with Crippen molar-refractivity contribution in [2.24, 2.45) is 0 Å². The van der Waals surface area contributed by atoms with E-state index in [9.17, 15) is 31.2 Å². The van der Waals surface area contributed by atoms with Gasteiger partial charge in [-0.15, -0.1) is 0 Å². The molecular formula is C21H12F3NO4S. The maximum absolute atomic E-state index is 13.8. The average molecular weight is 431 g/mol. The van der Waals surface area contributed by atoms with E-state index in [1.54, 1.807) is 24.3 Å². The molecule has 30 heavy (non-hydrogen) atoms. The fourth-order valence-electron chi connectivity index (χ4n) is 3.30. The number of carbonyl (C=O) groups excluding carboxylic acids is 2. The Morgan fingerprint density at radius 3 is 1.97 bits per heavy atom. The van der Waals surface area contributed by atoms with Crippen LogP contribution in [0.25, 0.3) is 16.7 Å². The van der Waals surface area contributed by atoms with Gasteiger partial charge >= 0.3 is 6.18 Å². The van der Waals surface area contributed by atoms with E-state index in [0.29, 0.717) is 9.54 Å². The first-order valence-electron chi connectivity index (χ1n) is 8.61. The predicted molar refractivity (Wildman–Crippen MR) is 102 cm³/mol. The molecule has 2 aromatic carbocycles. The van der Waals surface area contributed by atoms with Gasteiger partial charge in [0.05, 0.1) is 21.7 Å². The lowest BCUT2D eigenvalue weighted by atomic mass is 9.90. The molecule has 152 valence electrons. The second-order valence-corrected chi connectivity index (χ2v) is 8.31. The highest BCUT2D eigenvalue weighted by Gasteiger charge is 2.46. The average Bonchev–Trinajstić information content (AvgIpc) is 3.12. The smallest absolute Gasteiger partial charge is 0.286 e. The van der Waals surface area contributed by atoms with E-state index < -0.39 is 44.6 Å². The van der Waals surface area contributed by atoms with Crippen molar-refractivity contribution in [3.63, 3.8) is 0 Å². The molecule has 0 spiro atoms. The third-order valence-electron chi connectivity index (χ3n) is 4.64. The maximum atomic E-state index is 13.8. The minimum absolute atomic E-state index is 0.0710. The van der Waals surface area contributed by atoms with Gasteiger partial charge < -0.3 is 0 Å². The van der Waals surface area contributed by atoms with E-state index in [4.69, 9.17) is 0 Å². The summed E-state index contributed by atoms with van der Waals surface area (Å²) in [5.74, 6) is -2.55. The van der Waals surface area contributed by atoms with Crippen molar-refractivity contribution in [1.29, 1.82) is 0 Å². The predicted octanol–water partition coefficient (Wildman–Crippen LogP) is 4.10. The molecule has 0 unspecified atom stereocenters. The van der Waals surface area contributed by atoms with Gasteiger partial charge in [-0.25, -0.2) is 12.4 Å². The third-order valence-corrected chi connectivity index (χ3v) is 6.32. The van der Waals surface area contributed by atoms with Crippen LogP contribution in [-0.4, -0.2) is 30.1 Å². The minimum atomic E-state index is -5.05. The summed E-state index contributed by atoms with van der Waals surface area (Å²) in [5.41, 5.74) is -2.70. The fourth-order valence-corrected chi connectivity index (χ4v) is 4.71. The molecule has 0 atom stereocenters. The van der Waals surface area contributed by atoms with Crippen LogP contribution in [0.4, 0.5) is 13.2 Å². The van der Waals surface area contributed by atoms with E-state index >= 15 is 0 Å². The molecular weight excluding hydrogens is 419 g/mol. The Morgan fingerprint density at radius 2 is 1.40 bits per heavy atom. The monoisotopic (exact) mass is 431 g/mol. The first kappa shape index (κ1) is 19.8. The molecule has 1 aromatic heterocycles. The highest BCUT2D eigenvalue weighted by Crippen LogP contribution is 2.43. The summed E-state index contributed by atoms with van der Waals surface area (Å²) in [6.07, 6.45) is -3.95. The lowest BCUT2D eigenvalue weighted by Gasteiger charge is -2.19. The molecule has 0 N–H and O–H groups in total. The van der Waals surface area contributed by atoms with Crippen molar-refractivity contribution in [1.82, 2.24) is 3.97 Å². The van der Waals surface area contributed by atoms with Crippen molar-refractivity contribution in [3.8, 4) is 11.1 Å². The van der Waals surface area contributed by atoms with Crippen molar-refractivity contribution in [2.75, 3.05) is 0 Å². The van der Waals surface area contributed by atoms with E-state index in [-0.39, 0.29) is 16.5 Å². The molecule has 0 fully saturated rings. The largest absolute Gasteiger partial charge is 0.418 e. The van der Waals surface area contributed by atoms with E-state index in [2.05, 4.69) is 0 Å². The molecule has 9 heteroatoms. The number of fused-ring (bicyclic) bond motifs is 1. The van der Waals surface area contributed by atoms with Crippen LogP contribution in [0, 0.1) is 0 Å². The summed E-state index contributed by atoms with van der Waals surface area (Å²) in [5, 5.41) is 0. The van der Waals surface area contributed by atoms with Crippen molar-refractivity contribution in [3.05, 3.63) is 84.2 Å². The summed E-state index contributed by atoms with van der Waals surface area (Å²) < 4.78 is 68.1. The molecule has 1 heterocycles. The van der Waals surface area contributed by atoms with Crippen LogP contribution in [0.15, 0.2) is 77.8 Å². The Bertz CT molecular complexity index is 1310. The number of ketones is 2. The molecule has 0 saturated carbocycles. The van der Waals surface area contributed by atoms with Crippen LogP contribution < -0.4 is 0 Å². The molecule has 4 rings (SSSR count). The summed E-state index contributed by atoms with van der Waals surface area (Å²) >= 11 is 0. The van der Waals surface area contributed by atoms with Gasteiger partial charge in [0.2, 0.25) is 11.6 Å². The normalized spacial score (nSPS) is 14.4. The summed E-state index contributed by atoms with van der Waals surface area (Å²) in [4.78, 5) is 24.4. The lowest BCUT2D eigenvalue weighted by molar-refractivity contribution is -0.111. The quantitative estimate of drug-likeness (QED) is 0.586. The second kappa shape index (κ2) is 6.81. The van der Waals surface area contributed by atoms with Crippen LogP contribution >= 0.6 is 0 Å². The molecule has 5 nitrogen and oxygen atoms in total. The Hall–Kier alpha value is -3.46. The number of nitrogens with zero attached hydrogens (tertiary/aromatic N) is 1. The zero-order valence-corrected chi connectivity index (χ0v) is 15.9. The number of benzene rings is 2. The van der Waals surface area contributed by atoms with E-state index in [1.165, 1.54) is 36.4 Å². The highest BCUT2D eigenvalue weighted by atomic mass is 32.2.